The van der Waals surface area contributed by atoms with E-state index in [1.165, 1.54) is 13.3 Å². The Morgan fingerprint density at radius 1 is 1.35 bits per heavy atom. The van der Waals surface area contributed by atoms with E-state index in [2.05, 4.69) is 15.3 Å². The van der Waals surface area contributed by atoms with Gasteiger partial charge in [0.15, 0.2) is 0 Å². The molecule has 10 heteroatoms. The molecular weight excluding hydrogens is 373 g/mol. The predicted octanol–water partition coefficient (Wildman–Crippen LogP) is 3.12. The molecule has 0 unspecified atom stereocenters. The molecule has 140 valence electrons. The zero-order chi connectivity index (χ0) is 19.6. The summed E-state index contributed by atoms with van der Waals surface area (Å²) < 4.78 is 39.1. The SMILES string of the molecule is C[C@H](Nc1cc(=O)[nH]c2c(Cl)cc(C(F)(F)F)cc12)C(=O)N=CN(C)C. The number of hydrogen-bond acceptors (Lipinski definition) is 3. The molecule has 0 aliphatic rings. The molecule has 0 fully saturated rings. The van der Waals surface area contributed by atoms with Crippen LogP contribution in [0.15, 0.2) is 28.0 Å². The summed E-state index contributed by atoms with van der Waals surface area (Å²) >= 11 is 5.90. The minimum absolute atomic E-state index is 0.0423. The number of carbonyl (C=O) groups is 1. The number of aliphatic imine (C=N–C) groups is 1. The van der Waals surface area contributed by atoms with Gasteiger partial charge >= 0.3 is 6.18 Å². The summed E-state index contributed by atoms with van der Waals surface area (Å²) in [5.74, 6) is -0.551. The van der Waals surface area contributed by atoms with Gasteiger partial charge in [0.2, 0.25) is 0 Å². The van der Waals surface area contributed by atoms with Gasteiger partial charge in [0.1, 0.15) is 6.04 Å². The van der Waals surface area contributed by atoms with Crippen molar-refractivity contribution in [1.82, 2.24) is 9.88 Å². The van der Waals surface area contributed by atoms with E-state index < -0.39 is 29.2 Å². The highest BCUT2D eigenvalue weighted by Crippen LogP contribution is 2.36. The number of aromatic amines is 1. The summed E-state index contributed by atoms with van der Waals surface area (Å²) in [7, 11) is 3.36. The number of fused-ring (bicyclic) bond motifs is 1. The van der Waals surface area contributed by atoms with E-state index >= 15 is 0 Å². The zero-order valence-electron chi connectivity index (χ0n) is 14.1. The van der Waals surface area contributed by atoms with Crippen molar-refractivity contribution in [3.63, 3.8) is 0 Å². The lowest BCUT2D eigenvalue weighted by Gasteiger charge is -2.16. The lowest BCUT2D eigenvalue weighted by molar-refractivity contribution is -0.137. The number of benzene rings is 1. The van der Waals surface area contributed by atoms with E-state index in [4.69, 9.17) is 11.6 Å². The number of amides is 1. The molecule has 0 saturated carbocycles. The lowest BCUT2D eigenvalue weighted by atomic mass is 10.1. The fourth-order valence-electron chi connectivity index (χ4n) is 2.18. The second-order valence-electron chi connectivity index (χ2n) is 5.84. The van der Waals surface area contributed by atoms with E-state index in [-0.39, 0.29) is 21.6 Å². The third-order valence-electron chi connectivity index (χ3n) is 3.39. The fourth-order valence-corrected chi connectivity index (χ4v) is 2.44. The van der Waals surface area contributed by atoms with Crippen molar-refractivity contribution >= 4 is 40.4 Å². The normalized spacial score (nSPS) is 13.2. The number of rotatable bonds is 4. The summed E-state index contributed by atoms with van der Waals surface area (Å²) in [6.07, 6.45) is -3.31. The highest BCUT2D eigenvalue weighted by Gasteiger charge is 2.32. The van der Waals surface area contributed by atoms with Gasteiger partial charge in [-0.05, 0) is 19.1 Å². The summed E-state index contributed by atoms with van der Waals surface area (Å²) in [6.45, 7) is 1.48. The van der Waals surface area contributed by atoms with Crippen LogP contribution in [-0.2, 0) is 11.0 Å². The summed E-state index contributed by atoms with van der Waals surface area (Å²) in [5, 5.41) is 2.52. The molecular formula is C16H16ClF3N4O2. The topological polar surface area (TPSA) is 77.6 Å². The van der Waals surface area contributed by atoms with Crippen molar-refractivity contribution in [2.24, 2.45) is 4.99 Å². The third kappa shape index (κ3) is 4.54. The van der Waals surface area contributed by atoms with Crippen molar-refractivity contribution in [1.29, 1.82) is 0 Å². The molecule has 6 nitrogen and oxygen atoms in total. The van der Waals surface area contributed by atoms with Gasteiger partial charge in [-0.1, -0.05) is 11.6 Å². The van der Waals surface area contributed by atoms with E-state index in [9.17, 15) is 22.8 Å². The van der Waals surface area contributed by atoms with Crippen LogP contribution in [0.4, 0.5) is 18.9 Å². The first-order valence-electron chi connectivity index (χ1n) is 7.44. The third-order valence-corrected chi connectivity index (χ3v) is 3.69. The average Bonchev–Trinajstić information content (AvgIpc) is 2.52. The van der Waals surface area contributed by atoms with Crippen molar-refractivity contribution in [3.8, 4) is 0 Å². The van der Waals surface area contributed by atoms with Crippen LogP contribution >= 0.6 is 11.6 Å². The Bertz CT molecular complexity index is 922. The first kappa shape index (κ1) is 19.8. The Morgan fingerprint density at radius 2 is 2.00 bits per heavy atom. The maximum absolute atomic E-state index is 13.0. The number of anilines is 1. The van der Waals surface area contributed by atoms with Crippen LogP contribution in [0, 0.1) is 0 Å². The maximum atomic E-state index is 13.0. The minimum atomic E-state index is -4.61. The number of H-pyrrole nitrogens is 1. The van der Waals surface area contributed by atoms with Crippen LogP contribution < -0.4 is 10.9 Å². The van der Waals surface area contributed by atoms with Crippen LogP contribution in [0.3, 0.4) is 0 Å². The first-order chi connectivity index (χ1) is 12.0. The van der Waals surface area contributed by atoms with Crippen LogP contribution in [0.1, 0.15) is 12.5 Å². The molecule has 0 radical (unpaired) electrons. The average molecular weight is 389 g/mol. The van der Waals surface area contributed by atoms with Gasteiger partial charge < -0.3 is 15.2 Å². The summed E-state index contributed by atoms with van der Waals surface area (Å²) in [5.41, 5.74) is -1.43. The van der Waals surface area contributed by atoms with Gasteiger partial charge in [-0.15, -0.1) is 0 Å². The molecule has 2 rings (SSSR count). The van der Waals surface area contributed by atoms with Crippen LogP contribution in [0.5, 0.6) is 0 Å². The van der Waals surface area contributed by atoms with Crippen LogP contribution in [0.25, 0.3) is 10.9 Å². The smallest absolute Gasteiger partial charge is 0.373 e. The molecule has 1 atom stereocenters. The van der Waals surface area contributed by atoms with E-state index in [1.54, 1.807) is 19.0 Å². The molecule has 0 spiro atoms. The molecule has 0 bridgehead atoms. The number of hydrogen-bond donors (Lipinski definition) is 2. The molecule has 0 aliphatic heterocycles. The number of nitrogens with zero attached hydrogens (tertiary/aromatic N) is 2. The zero-order valence-corrected chi connectivity index (χ0v) is 14.9. The van der Waals surface area contributed by atoms with Gasteiger partial charge in [0.05, 0.1) is 22.4 Å². The molecule has 2 aromatic rings. The summed E-state index contributed by atoms with van der Waals surface area (Å²) in [6, 6.07) is 1.79. The molecule has 1 aromatic carbocycles. The second-order valence-corrected chi connectivity index (χ2v) is 6.25. The Morgan fingerprint density at radius 3 is 2.58 bits per heavy atom. The van der Waals surface area contributed by atoms with Crippen LogP contribution in [-0.4, -0.2) is 42.3 Å². The minimum Gasteiger partial charge on any atom is -0.373 e. The highest BCUT2D eigenvalue weighted by molar-refractivity contribution is 6.35. The number of carbonyl (C=O) groups excluding carboxylic acids is 1. The van der Waals surface area contributed by atoms with E-state index in [0.717, 1.165) is 18.2 Å². The van der Waals surface area contributed by atoms with Gasteiger partial charge in [-0.2, -0.15) is 13.2 Å². The fraction of sp³-hybridized carbons (Fsp3) is 0.312. The molecule has 2 N–H and O–H groups in total. The van der Waals surface area contributed by atoms with Crippen molar-refractivity contribution in [3.05, 3.63) is 39.1 Å². The monoisotopic (exact) mass is 388 g/mol. The lowest BCUT2D eigenvalue weighted by Crippen LogP contribution is -2.26. The largest absolute Gasteiger partial charge is 0.416 e. The van der Waals surface area contributed by atoms with Gasteiger partial charge in [0, 0.05) is 31.2 Å². The first-order valence-corrected chi connectivity index (χ1v) is 7.81. The van der Waals surface area contributed by atoms with Crippen LogP contribution in [0.2, 0.25) is 5.02 Å². The Hall–Kier alpha value is -2.55. The van der Waals surface area contributed by atoms with Gasteiger partial charge in [-0.3, -0.25) is 9.59 Å². The molecule has 1 aromatic heterocycles. The summed E-state index contributed by atoms with van der Waals surface area (Å²) in [4.78, 5) is 31.5. The van der Waals surface area contributed by atoms with Crippen molar-refractivity contribution in [2.45, 2.75) is 19.1 Å². The Balaban J connectivity index is 2.51. The standard InChI is InChI=1S/C16H16ClF3N4O2/c1-8(15(26)21-7-24(2)3)22-12-6-13(25)23-14-10(12)4-9(5-11(14)17)16(18,19)20/h4-8H,1-3H3,(H2,22,23,25)/t8-/m0/s1. The molecule has 1 amide bonds. The second kappa shape index (κ2) is 7.36. The molecule has 0 aliphatic carbocycles. The Kier molecular flexibility index (Phi) is 5.60. The quantitative estimate of drug-likeness (QED) is 0.623. The molecule has 26 heavy (non-hydrogen) atoms. The molecule has 1 heterocycles. The molecule has 0 saturated heterocycles. The van der Waals surface area contributed by atoms with Gasteiger partial charge in [0.25, 0.3) is 11.5 Å². The number of alkyl halides is 3. The van der Waals surface area contributed by atoms with E-state index in [1.807, 2.05) is 0 Å². The number of aromatic nitrogens is 1. The Labute approximate surface area is 151 Å². The van der Waals surface area contributed by atoms with Crippen molar-refractivity contribution in [2.75, 3.05) is 19.4 Å². The van der Waals surface area contributed by atoms with Crippen molar-refractivity contribution < 1.29 is 18.0 Å². The number of pyridine rings is 1. The number of nitrogens with one attached hydrogen (secondary N) is 2. The maximum Gasteiger partial charge on any atom is 0.416 e. The predicted molar refractivity (Wildman–Crippen MR) is 94.9 cm³/mol. The van der Waals surface area contributed by atoms with Gasteiger partial charge in [-0.25, -0.2) is 4.99 Å². The van der Waals surface area contributed by atoms with E-state index in [0.29, 0.717) is 0 Å². The number of halogens is 4. The highest BCUT2D eigenvalue weighted by atomic mass is 35.5.